The molecule has 1 heterocycles. The highest BCUT2D eigenvalue weighted by Gasteiger charge is 2.23. The van der Waals surface area contributed by atoms with Crippen LogP contribution in [0.15, 0.2) is 5.38 Å². The zero-order valence-corrected chi connectivity index (χ0v) is 10.9. The van der Waals surface area contributed by atoms with E-state index in [-0.39, 0.29) is 12.3 Å². The Bertz CT molecular complexity index is 426. The van der Waals surface area contributed by atoms with Gasteiger partial charge in [0.2, 0.25) is 0 Å². The first-order valence-electron chi connectivity index (χ1n) is 5.26. The molecule has 1 amide bonds. The molecule has 0 unspecified atom stereocenters. The number of carboxylic acids is 1. The van der Waals surface area contributed by atoms with Crippen LogP contribution in [0.25, 0.3) is 0 Å². The topological polar surface area (TPSA) is 79.3 Å². The number of aliphatic carboxylic acids is 1. The van der Waals surface area contributed by atoms with E-state index in [4.69, 9.17) is 5.11 Å². The lowest BCUT2D eigenvalue weighted by Gasteiger charge is -2.25. The highest BCUT2D eigenvalue weighted by molar-refractivity contribution is 7.09. The van der Waals surface area contributed by atoms with E-state index in [0.717, 1.165) is 5.01 Å². The van der Waals surface area contributed by atoms with Crippen molar-refractivity contribution in [3.8, 4) is 0 Å². The molecule has 0 saturated heterocycles. The molecular weight excluding hydrogens is 240 g/mol. The van der Waals surface area contributed by atoms with Gasteiger partial charge in [-0.2, -0.15) is 0 Å². The minimum absolute atomic E-state index is 0.0311. The summed E-state index contributed by atoms with van der Waals surface area (Å²) in [5, 5.41) is 13.9. The van der Waals surface area contributed by atoms with E-state index in [1.807, 2.05) is 6.92 Å². The van der Waals surface area contributed by atoms with Gasteiger partial charge in [0.1, 0.15) is 5.69 Å². The summed E-state index contributed by atoms with van der Waals surface area (Å²) in [5.74, 6) is -1.12. The van der Waals surface area contributed by atoms with E-state index in [1.54, 1.807) is 19.2 Å². The van der Waals surface area contributed by atoms with Crippen LogP contribution in [0.5, 0.6) is 0 Å². The molecule has 5 nitrogen and oxygen atoms in total. The third-order valence-electron chi connectivity index (χ3n) is 2.27. The molecule has 2 N–H and O–H groups in total. The van der Waals surface area contributed by atoms with Gasteiger partial charge in [-0.25, -0.2) is 4.98 Å². The van der Waals surface area contributed by atoms with Gasteiger partial charge in [-0.1, -0.05) is 0 Å². The number of nitrogens with zero attached hydrogens (tertiary/aromatic N) is 1. The van der Waals surface area contributed by atoms with Crippen LogP contribution in [-0.4, -0.2) is 27.5 Å². The highest BCUT2D eigenvalue weighted by atomic mass is 32.1. The molecule has 17 heavy (non-hydrogen) atoms. The number of aromatic nitrogens is 1. The van der Waals surface area contributed by atoms with Gasteiger partial charge in [0.25, 0.3) is 5.91 Å². The van der Waals surface area contributed by atoms with Gasteiger partial charge in [-0.05, 0) is 27.2 Å². The Balaban J connectivity index is 2.58. The second kappa shape index (κ2) is 5.27. The number of carbonyl (C=O) groups is 2. The fourth-order valence-corrected chi connectivity index (χ4v) is 1.91. The Kier molecular flexibility index (Phi) is 4.22. The number of carbonyl (C=O) groups excluding carboxylic acids is 1. The van der Waals surface area contributed by atoms with Crippen molar-refractivity contribution < 1.29 is 14.7 Å². The number of hydrogen-bond donors (Lipinski definition) is 2. The molecule has 6 heteroatoms. The second-order valence-electron chi connectivity index (χ2n) is 4.48. The van der Waals surface area contributed by atoms with Gasteiger partial charge >= 0.3 is 5.97 Å². The summed E-state index contributed by atoms with van der Waals surface area (Å²) in [5.41, 5.74) is -0.164. The van der Waals surface area contributed by atoms with E-state index < -0.39 is 11.5 Å². The first kappa shape index (κ1) is 13.6. The van der Waals surface area contributed by atoms with Crippen molar-refractivity contribution >= 4 is 23.2 Å². The van der Waals surface area contributed by atoms with Gasteiger partial charge in [0.15, 0.2) is 0 Å². The number of rotatable bonds is 5. The van der Waals surface area contributed by atoms with Crippen LogP contribution in [0.4, 0.5) is 0 Å². The number of amides is 1. The third kappa shape index (κ3) is 4.52. The molecule has 0 aliphatic carbocycles. The molecular formula is C11H16N2O3S. The van der Waals surface area contributed by atoms with Crippen LogP contribution >= 0.6 is 11.3 Å². The predicted molar refractivity (Wildman–Crippen MR) is 65.3 cm³/mol. The molecule has 0 aliphatic heterocycles. The van der Waals surface area contributed by atoms with Crippen LogP contribution < -0.4 is 5.32 Å². The molecule has 0 saturated carbocycles. The van der Waals surface area contributed by atoms with Crippen molar-refractivity contribution in [2.75, 3.05) is 0 Å². The van der Waals surface area contributed by atoms with E-state index in [1.165, 1.54) is 11.3 Å². The molecule has 0 fully saturated rings. The molecule has 0 radical (unpaired) electrons. The van der Waals surface area contributed by atoms with Crippen LogP contribution in [0.3, 0.4) is 0 Å². The second-order valence-corrected chi connectivity index (χ2v) is 5.55. The van der Waals surface area contributed by atoms with Gasteiger partial charge in [-0.3, -0.25) is 9.59 Å². The summed E-state index contributed by atoms with van der Waals surface area (Å²) in [4.78, 5) is 26.4. The molecule has 1 aromatic heterocycles. The molecule has 94 valence electrons. The maximum absolute atomic E-state index is 11.8. The molecule has 0 atom stereocenters. The van der Waals surface area contributed by atoms with Crippen LogP contribution in [0.2, 0.25) is 0 Å². The zero-order chi connectivity index (χ0) is 13.1. The molecule has 0 aliphatic rings. The Morgan fingerprint density at radius 3 is 2.65 bits per heavy atom. The van der Waals surface area contributed by atoms with E-state index in [2.05, 4.69) is 10.3 Å². The molecule has 0 spiro atoms. The fraction of sp³-hybridized carbons (Fsp3) is 0.545. The van der Waals surface area contributed by atoms with E-state index in [0.29, 0.717) is 12.1 Å². The predicted octanol–water partition coefficient (Wildman–Crippen LogP) is 1.82. The number of nitrogens with one attached hydrogen (secondary N) is 1. The van der Waals surface area contributed by atoms with Crippen LogP contribution in [0.1, 0.15) is 42.2 Å². The summed E-state index contributed by atoms with van der Waals surface area (Å²) in [6.07, 6.45) is 0.417. The lowest BCUT2D eigenvalue weighted by molar-refractivity contribution is -0.137. The van der Waals surface area contributed by atoms with Crippen molar-refractivity contribution in [2.24, 2.45) is 0 Å². The Labute approximate surface area is 104 Å². The standard InChI is InChI=1S/C11H16N2O3S/c1-7-12-8(6-17-7)10(16)13-11(2,3)5-4-9(14)15/h6H,4-5H2,1-3H3,(H,13,16)(H,14,15). The molecule has 0 bridgehead atoms. The Morgan fingerprint density at radius 1 is 1.53 bits per heavy atom. The zero-order valence-electron chi connectivity index (χ0n) is 10.1. The minimum Gasteiger partial charge on any atom is -0.481 e. The van der Waals surface area contributed by atoms with Crippen molar-refractivity contribution in [3.05, 3.63) is 16.1 Å². The van der Waals surface area contributed by atoms with Gasteiger partial charge in [0.05, 0.1) is 5.01 Å². The first-order chi connectivity index (χ1) is 7.80. The van der Waals surface area contributed by atoms with E-state index in [9.17, 15) is 9.59 Å². The van der Waals surface area contributed by atoms with Crippen molar-refractivity contribution in [1.82, 2.24) is 10.3 Å². The highest BCUT2D eigenvalue weighted by Crippen LogP contribution is 2.14. The number of carboxylic acid groups (broad SMARTS) is 1. The van der Waals surface area contributed by atoms with Gasteiger partial charge in [0, 0.05) is 17.3 Å². The minimum atomic E-state index is -0.864. The van der Waals surface area contributed by atoms with Crippen molar-refractivity contribution in [1.29, 1.82) is 0 Å². The number of thiazole rings is 1. The summed E-state index contributed by atoms with van der Waals surface area (Å²) in [6.45, 7) is 5.43. The Hall–Kier alpha value is -1.43. The number of aryl methyl sites for hydroxylation is 1. The first-order valence-corrected chi connectivity index (χ1v) is 6.14. The third-order valence-corrected chi connectivity index (χ3v) is 3.04. The maximum Gasteiger partial charge on any atom is 0.303 e. The smallest absolute Gasteiger partial charge is 0.303 e. The quantitative estimate of drug-likeness (QED) is 0.842. The number of hydrogen-bond acceptors (Lipinski definition) is 4. The van der Waals surface area contributed by atoms with Gasteiger partial charge < -0.3 is 10.4 Å². The SMILES string of the molecule is Cc1nc(C(=O)NC(C)(C)CCC(=O)O)cs1. The summed E-state index contributed by atoms with van der Waals surface area (Å²) in [6, 6.07) is 0. The fourth-order valence-electron chi connectivity index (χ4n) is 1.32. The average Bonchev–Trinajstić information content (AvgIpc) is 2.61. The van der Waals surface area contributed by atoms with Crippen LogP contribution in [0, 0.1) is 6.92 Å². The molecule has 1 rings (SSSR count). The lowest BCUT2D eigenvalue weighted by atomic mass is 9.98. The monoisotopic (exact) mass is 256 g/mol. The average molecular weight is 256 g/mol. The van der Waals surface area contributed by atoms with Crippen molar-refractivity contribution in [2.45, 2.75) is 39.2 Å². The molecule has 0 aromatic carbocycles. The Morgan fingerprint density at radius 2 is 2.18 bits per heavy atom. The lowest BCUT2D eigenvalue weighted by Crippen LogP contribution is -2.43. The largest absolute Gasteiger partial charge is 0.481 e. The maximum atomic E-state index is 11.8. The summed E-state index contributed by atoms with van der Waals surface area (Å²) in [7, 11) is 0. The summed E-state index contributed by atoms with van der Waals surface area (Å²) >= 11 is 1.41. The summed E-state index contributed by atoms with van der Waals surface area (Å²) < 4.78 is 0. The van der Waals surface area contributed by atoms with Crippen LogP contribution in [-0.2, 0) is 4.79 Å². The van der Waals surface area contributed by atoms with Gasteiger partial charge in [-0.15, -0.1) is 11.3 Å². The normalized spacial score (nSPS) is 11.2. The van der Waals surface area contributed by atoms with Crippen molar-refractivity contribution in [3.63, 3.8) is 0 Å². The van der Waals surface area contributed by atoms with E-state index >= 15 is 0 Å². The molecule has 1 aromatic rings.